The van der Waals surface area contributed by atoms with Crippen LogP contribution in [0.15, 0.2) is 95.5 Å². The van der Waals surface area contributed by atoms with Crippen LogP contribution in [0, 0.1) is 0 Å². The molecule has 4 aromatic rings. The Kier molecular flexibility index (Phi) is 7.73. The lowest BCUT2D eigenvalue weighted by atomic mass is 10.0. The van der Waals surface area contributed by atoms with E-state index in [1.807, 2.05) is 12.1 Å². The number of benzene rings is 3. The molecule has 2 N–H and O–H groups in total. The maximum absolute atomic E-state index is 12.8. The number of amides is 2. The fraction of sp³-hybridized carbons (Fsp3) is 0.143. The molecule has 2 heterocycles. The van der Waals surface area contributed by atoms with E-state index in [1.54, 1.807) is 60.7 Å². The topological polar surface area (TPSA) is 143 Å². The lowest BCUT2D eigenvalue weighted by molar-refractivity contribution is 0.0989. The molecule has 1 aliphatic heterocycles. The molecule has 1 saturated heterocycles. The molecule has 194 valence electrons. The van der Waals surface area contributed by atoms with Gasteiger partial charge in [-0.3, -0.25) is 14.4 Å². The fourth-order valence-electron chi connectivity index (χ4n) is 3.94. The second-order valence-electron chi connectivity index (χ2n) is 8.61. The highest BCUT2D eigenvalue weighted by Gasteiger charge is 2.15. The number of imidazole rings is 1. The second-order valence-corrected chi connectivity index (χ2v) is 8.61. The summed E-state index contributed by atoms with van der Waals surface area (Å²) in [6.07, 6.45) is 2.85. The molecular weight excluding hydrogens is 498 g/mol. The van der Waals surface area contributed by atoms with E-state index in [0.29, 0.717) is 47.0 Å². The van der Waals surface area contributed by atoms with Crippen LogP contribution in [0.5, 0.6) is 0 Å². The number of aromatic amines is 1. The van der Waals surface area contributed by atoms with Crippen molar-refractivity contribution >= 4 is 34.7 Å². The van der Waals surface area contributed by atoms with Crippen LogP contribution in [-0.4, -0.2) is 53.9 Å². The van der Waals surface area contributed by atoms with Crippen LogP contribution in [0.25, 0.3) is 0 Å². The van der Waals surface area contributed by atoms with Crippen LogP contribution >= 0.6 is 0 Å². The van der Waals surface area contributed by atoms with Crippen LogP contribution in [-0.2, 0) is 4.74 Å². The van der Waals surface area contributed by atoms with E-state index >= 15 is 0 Å². The lowest BCUT2D eigenvalue weighted by Gasteiger charge is -2.28. The third-order valence-corrected chi connectivity index (χ3v) is 6.06. The van der Waals surface area contributed by atoms with Crippen LogP contribution in [0.4, 0.5) is 17.1 Å². The largest absolute Gasteiger partial charge is 0.378 e. The predicted octanol–water partition coefficient (Wildman–Crippen LogP) is 4.17. The summed E-state index contributed by atoms with van der Waals surface area (Å²) in [4.78, 5) is 49.7. The molecule has 0 bridgehead atoms. The molecule has 1 aromatic heterocycles. The van der Waals surface area contributed by atoms with Crippen molar-refractivity contribution in [2.75, 3.05) is 36.5 Å². The van der Waals surface area contributed by atoms with E-state index in [1.165, 1.54) is 12.5 Å². The minimum Gasteiger partial charge on any atom is -0.378 e. The van der Waals surface area contributed by atoms with E-state index in [2.05, 4.69) is 35.3 Å². The van der Waals surface area contributed by atoms with Gasteiger partial charge in [0, 0.05) is 41.2 Å². The number of ether oxygens (including phenoxy) is 1. The van der Waals surface area contributed by atoms with Crippen molar-refractivity contribution in [3.8, 4) is 0 Å². The van der Waals surface area contributed by atoms with E-state index < -0.39 is 5.91 Å². The Labute approximate surface area is 223 Å². The van der Waals surface area contributed by atoms with Gasteiger partial charge in [0.25, 0.3) is 5.91 Å². The molecule has 0 spiro atoms. The first-order chi connectivity index (χ1) is 19.1. The van der Waals surface area contributed by atoms with Crippen LogP contribution in [0.3, 0.4) is 0 Å². The molecule has 11 nitrogen and oxygen atoms in total. The highest BCUT2D eigenvalue weighted by molar-refractivity contribution is 6.09. The first-order valence-corrected chi connectivity index (χ1v) is 12.2. The number of ketones is 1. The summed E-state index contributed by atoms with van der Waals surface area (Å²) in [6.45, 7) is 3.01. The normalized spacial score (nSPS) is 12.8. The van der Waals surface area contributed by atoms with Gasteiger partial charge in [-0.2, -0.15) is 0 Å². The molecule has 39 heavy (non-hydrogen) atoms. The third kappa shape index (κ3) is 6.37. The van der Waals surface area contributed by atoms with Gasteiger partial charge in [0.2, 0.25) is 10.0 Å². The molecule has 0 unspecified atom stereocenters. The molecule has 11 heteroatoms. The summed E-state index contributed by atoms with van der Waals surface area (Å²) in [7, 11) is 0. The highest BCUT2D eigenvalue weighted by atomic mass is 16.5. The first kappa shape index (κ1) is 25.4. The van der Waals surface area contributed by atoms with Gasteiger partial charge in [-0.05, 0) is 72.8 Å². The number of carbonyl (C=O) groups is 3. The number of carbonyl (C=O) groups excluding carboxylic acids is 3. The van der Waals surface area contributed by atoms with Gasteiger partial charge in [0.05, 0.1) is 25.7 Å². The number of nitrogens with one attached hydrogen (secondary N) is 2. The average molecular weight is 523 g/mol. The van der Waals surface area contributed by atoms with Crippen molar-refractivity contribution in [3.63, 3.8) is 0 Å². The number of H-pyrrole nitrogens is 1. The van der Waals surface area contributed by atoms with Crippen LogP contribution in [0.2, 0.25) is 0 Å². The van der Waals surface area contributed by atoms with E-state index in [-0.39, 0.29) is 11.7 Å². The minimum absolute atomic E-state index is 0.190. The van der Waals surface area contributed by atoms with Crippen molar-refractivity contribution in [1.29, 1.82) is 0 Å². The number of rotatable bonds is 7. The van der Waals surface area contributed by atoms with E-state index in [9.17, 15) is 14.4 Å². The monoisotopic (exact) mass is 522 g/mol. The van der Waals surface area contributed by atoms with Gasteiger partial charge in [-0.25, -0.2) is 4.98 Å². The number of aromatic nitrogens is 2. The third-order valence-electron chi connectivity index (χ3n) is 6.06. The molecule has 1 aliphatic rings. The summed E-state index contributed by atoms with van der Waals surface area (Å²) in [5, 5.41) is 10.3. The quantitative estimate of drug-likeness (QED) is 0.212. The Morgan fingerprint density at radius 3 is 2.15 bits per heavy atom. The van der Waals surface area contributed by atoms with Crippen LogP contribution < -0.4 is 15.1 Å². The van der Waals surface area contributed by atoms with Crippen molar-refractivity contribution in [3.05, 3.63) is 108 Å². The number of anilines is 2. The molecule has 0 radical (unpaired) electrons. The summed E-state index contributed by atoms with van der Waals surface area (Å²) in [5.41, 5.74) is 3.69. The molecule has 0 saturated carbocycles. The molecule has 3 aromatic carbocycles. The van der Waals surface area contributed by atoms with E-state index in [0.717, 1.165) is 18.8 Å². The maximum atomic E-state index is 12.8. The first-order valence-electron chi connectivity index (χ1n) is 12.2. The fourth-order valence-corrected chi connectivity index (χ4v) is 3.94. The summed E-state index contributed by atoms with van der Waals surface area (Å²) in [6, 6.07) is 20.2. The zero-order chi connectivity index (χ0) is 27.0. The Morgan fingerprint density at radius 2 is 1.51 bits per heavy atom. The Balaban J connectivity index is 1.17. The molecule has 0 aliphatic carbocycles. The van der Waals surface area contributed by atoms with Gasteiger partial charge in [-0.15, -0.1) is 0 Å². The van der Waals surface area contributed by atoms with Gasteiger partial charge in [0.1, 0.15) is 5.69 Å². The summed E-state index contributed by atoms with van der Waals surface area (Å²) >= 11 is 0. The standard InChI is InChI=1S/C28H23N7O4/c36-26(19-1-7-22(8-2-19)31-28(38)25-17-29-18-30-25)20-3-9-23(10-4-20)32-34-33-27(37)21-5-11-24(12-6-21)35-13-15-39-16-14-35/h1-12,17-18H,13-16H2,(H-,29,30,31,32,33,36,37,38)/p+1. The zero-order valence-corrected chi connectivity index (χ0v) is 20.8. The van der Waals surface area contributed by atoms with Gasteiger partial charge < -0.3 is 19.9 Å². The van der Waals surface area contributed by atoms with Crippen molar-refractivity contribution in [2.24, 2.45) is 10.2 Å². The van der Waals surface area contributed by atoms with Crippen molar-refractivity contribution < 1.29 is 19.1 Å². The second kappa shape index (κ2) is 11.9. The molecule has 5 rings (SSSR count). The molecule has 2 amide bonds. The highest BCUT2D eigenvalue weighted by Crippen LogP contribution is 2.19. The smallest absolute Gasteiger partial charge is 0.360 e. The van der Waals surface area contributed by atoms with E-state index in [4.69, 9.17) is 4.74 Å². The minimum atomic E-state index is -0.497. The number of nitrogens with zero attached hydrogens (tertiary/aromatic N) is 5. The Morgan fingerprint density at radius 1 is 0.872 bits per heavy atom. The SMILES string of the molecule is O=C(N=[N+]=Nc1ccc(C(=O)c2ccc(NC(=O)c3cnc[nH]3)cc2)cc1)c1ccc(N2CCOCC2)cc1. The Bertz CT molecular complexity index is 1520. The zero-order valence-electron chi connectivity index (χ0n) is 20.8. The maximum Gasteiger partial charge on any atom is 0.360 e. The van der Waals surface area contributed by atoms with Gasteiger partial charge in [-0.1, -0.05) is 0 Å². The summed E-state index contributed by atoms with van der Waals surface area (Å²) in [5.74, 6) is -1.01. The Hall–Kier alpha value is -5.25. The molecule has 0 atom stereocenters. The average Bonchev–Trinajstić information content (AvgIpc) is 3.54. The van der Waals surface area contributed by atoms with Crippen LogP contribution in [0.1, 0.15) is 36.8 Å². The molecule has 1 fully saturated rings. The predicted molar refractivity (Wildman–Crippen MR) is 143 cm³/mol. The number of hydrogen-bond acceptors (Lipinski definition) is 7. The van der Waals surface area contributed by atoms with Gasteiger partial charge in [0.15, 0.2) is 16.6 Å². The summed E-state index contributed by atoms with van der Waals surface area (Å²) < 4.78 is 5.36. The number of morpholine rings is 1. The van der Waals surface area contributed by atoms with Crippen molar-refractivity contribution in [2.45, 2.75) is 0 Å². The van der Waals surface area contributed by atoms with Gasteiger partial charge >= 0.3 is 5.91 Å². The molecular formula is C28H24N7O4+. The lowest BCUT2D eigenvalue weighted by Crippen LogP contribution is -2.36. The van der Waals surface area contributed by atoms with Crippen molar-refractivity contribution in [1.82, 2.24) is 14.9 Å². The number of hydrogen-bond donors (Lipinski definition) is 2.